The first-order valence-corrected chi connectivity index (χ1v) is 4.38. The number of aromatic nitrogens is 1. The van der Waals surface area contributed by atoms with E-state index >= 15 is 0 Å². The molecule has 1 aromatic rings. The van der Waals surface area contributed by atoms with Crippen LogP contribution in [0.15, 0.2) is 18.5 Å². The average Bonchev–Trinajstić information content (AvgIpc) is 1.86. The van der Waals surface area contributed by atoms with E-state index in [1.165, 1.54) is 12.3 Å². The lowest BCUT2D eigenvalue weighted by Gasteiger charge is -2.04. The van der Waals surface area contributed by atoms with Gasteiger partial charge in [0.1, 0.15) is 5.30 Å². The highest BCUT2D eigenvalue weighted by molar-refractivity contribution is 7.60. The van der Waals surface area contributed by atoms with Crippen molar-refractivity contribution in [3.63, 3.8) is 0 Å². The van der Waals surface area contributed by atoms with Crippen LogP contribution in [0.25, 0.3) is 0 Å². The van der Waals surface area contributed by atoms with Gasteiger partial charge in [0.15, 0.2) is 0 Å². The molecule has 0 bridgehead atoms. The molecule has 0 amide bonds. The second kappa shape index (κ2) is 2.62. The first-order chi connectivity index (χ1) is 5.02. The van der Waals surface area contributed by atoms with E-state index in [1.54, 1.807) is 0 Å². The van der Waals surface area contributed by atoms with Gasteiger partial charge in [-0.2, -0.15) is 0 Å². The summed E-state index contributed by atoms with van der Waals surface area (Å²) in [4.78, 5) is 20.9. The van der Waals surface area contributed by atoms with Crippen LogP contribution in [-0.4, -0.2) is 14.8 Å². The summed E-state index contributed by atoms with van der Waals surface area (Å²) in [6, 6.07) is 1.34. The van der Waals surface area contributed by atoms with Gasteiger partial charge in [0.2, 0.25) is 0 Å². The van der Waals surface area contributed by atoms with E-state index in [2.05, 4.69) is 4.98 Å². The number of hydrogen-bond acceptors (Lipinski definition) is 3. The molecule has 0 saturated carbocycles. The number of rotatable bonds is 1. The van der Waals surface area contributed by atoms with Crippen LogP contribution in [-0.2, 0) is 4.57 Å². The van der Waals surface area contributed by atoms with Crippen LogP contribution in [0.4, 0.5) is 5.69 Å². The van der Waals surface area contributed by atoms with Crippen molar-refractivity contribution in [2.75, 3.05) is 5.73 Å². The van der Waals surface area contributed by atoms with Crippen molar-refractivity contribution in [2.24, 2.45) is 0 Å². The van der Waals surface area contributed by atoms with E-state index in [1.807, 2.05) is 0 Å². The molecule has 1 heterocycles. The summed E-state index contributed by atoms with van der Waals surface area (Å²) in [5, 5.41) is -0.222. The predicted octanol–water partition coefficient (Wildman–Crippen LogP) is -0.533. The summed E-state index contributed by atoms with van der Waals surface area (Å²) in [7, 11) is -4.24. The van der Waals surface area contributed by atoms with Gasteiger partial charge in [-0.3, -0.25) is 9.55 Å². The molecular formula is C5H7N2O3P. The fourth-order valence-electron chi connectivity index (χ4n) is 0.640. The highest BCUT2D eigenvalue weighted by Crippen LogP contribution is 2.34. The third-order valence-electron chi connectivity index (χ3n) is 1.15. The fourth-order valence-corrected chi connectivity index (χ4v) is 1.27. The van der Waals surface area contributed by atoms with Crippen LogP contribution in [0.2, 0.25) is 0 Å². The zero-order valence-corrected chi connectivity index (χ0v) is 6.40. The Hall–Kier alpha value is -0.900. The van der Waals surface area contributed by atoms with Crippen molar-refractivity contribution >= 4 is 18.6 Å². The molecule has 4 N–H and O–H groups in total. The van der Waals surface area contributed by atoms with Crippen LogP contribution >= 0.6 is 7.60 Å². The SMILES string of the molecule is Nc1ccncc1P(=O)(O)O. The first kappa shape index (κ1) is 8.20. The van der Waals surface area contributed by atoms with Gasteiger partial charge in [-0.15, -0.1) is 0 Å². The van der Waals surface area contributed by atoms with Gasteiger partial charge in [-0.25, -0.2) is 0 Å². The largest absolute Gasteiger partial charge is 0.398 e. The maximum atomic E-state index is 10.6. The van der Waals surface area contributed by atoms with Crippen molar-refractivity contribution in [2.45, 2.75) is 0 Å². The van der Waals surface area contributed by atoms with Crippen LogP contribution < -0.4 is 11.0 Å². The average molecular weight is 174 g/mol. The molecule has 0 saturated heterocycles. The van der Waals surface area contributed by atoms with Crippen molar-refractivity contribution in [1.29, 1.82) is 0 Å². The number of anilines is 1. The number of nitrogen functional groups attached to an aromatic ring is 1. The molecule has 0 aliphatic carbocycles. The van der Waals surface area contributed by atoms with Crippen LogP contribution in [0.1, 0.15) is 0 Å². The number of nitrogens with two attached hydrogens (primary N) is 1. The molecule has 0 aromatic carbocycles. The minimum atomic E-state index is -4.24. The molecule has 0 spiro atoms. The van der Waals surface area contributed by atoms with Gasteiger partial charge in [-0.1, -0.05) is 0 Å². The lowest BCUT2D eigenvalue weighted by atomic mass is 10.4. The van der Waals surface area contributed by atoms with Gasteiger partial charge in [0.25, 0.3) is 0 Å². The van der Waals surface area contributed by atoms with Gasteiger partial charge in [0.05, 0.1) is 5.69 Å². The third-order valence-corrected chi connectivity index (χ3v) is 2.15. The van der Waals surface area contributed by atoms with Crippen molar-refractivity contribution in [1.82, 2.24) is 4.98 Å². The van der Waals surface area contributed by atoms with E-state index in [4.69, 9.17) is 15.5 Å². The zero-order valence-electron chi connectivity index (χ0n) is 5.51. The van der Waals surface area contributed by atoms with Gasteiger partial charge in [-0.05, 0) is 6.07 Å². The molecule has 0 radical (unpaired) electrons. The summed E-state index contributed by atoms with van der Waals surface area (Å²) < 4.78 is 10.6. The van der Waals surface area contributed by atoms with E-state index in [0.717, 1.165) is 6.20 Å². The molecule has 0 unspecified atom stereocenters. The highest BCUT2D eigenvalue weighted by Gasteiger charge is 2.19. The van der Waals surface area contributed by atoms with Gasteiger partial charge < -0.3 is 15.5 Å². The lowest BCUT2D eigenvalue weighted by molar-refractivity contribution is 0.387. The molecular weight excluding hydrogens is 167 g/mol. The molecule has 6 heteroatoms. The predicted molar refractivity (Wildman–Crippen MR) is 40.3 cm³/mol. The summed E-state index contributed by atoms with van der Waals surface area (Å²) in [6.07, 6.45) is 2.44. The fraction of sp³-hybridized carbons (Fsp3) is 0. The van der Waals surface area contributed by atoms with Crippen LogP contribution in [0.5, 0.6) is 0 Å². The highest BCUT2D eigenvalue weighted by atomic mass is 31.2. The molecule has 11 heavy (non-hydrogen) atoms. The maximum Gasteiger partial charge on any atom is 0.359 e. The van der Waals surface area contributed by atoms with Crippen molar-refractivity contribution in [3.05, 3.63) is 18.5 Å². The van der Waals surface area contributed by atoms with Gasteiger partial charge >= 0.3 is 7.60 Å². The topological polar surface area (TPSA) is 96.4 Å². The van der Waals surface area contributed by atoms with Gasteiger partial charge in [0, 0.05) is 12.4 Å². The van der Waals surface area contributed by atoms with E-state index in [-0.39, 0.29) is 11.0 Å². The third kappa shape index (κ3) is 1.77. The molecule has 1 rings (SSSR count). The molecule has 1 aromatic heterocycles. The number of nitrogens with zero attached hydrogens (tertiary/aromatic N) is 1. The smallest absolute Gasteiger partial charge is 0.359 e. The quantitative estimate of drug-likeness (QED) is 0.497. The lowest BCUT2D eigenvalue weighted by Crippen LogP contribution is -2.10. The Balaban J connectivity index is 3.25. The number of hydrogen-bond donors (Lipinski definition) is 3. The normalized spacial score (nSPS) is 11.5. The Bertz CT molecular complexity index is 308. The summed E-state index contributed by atoms with van der Waals surface area (Å²) in [5.41, 5.74) is 5.34. The molecule has 0 atom stereocenters. The Morgan fingerprint density at radius 2 is 2.18 bits per heavy atom. The Morgan fingerprint density at radius 1 is 1.55 bits per heavy atom. The summed E-state index contributed by atoms with van der Waals surface area (Å²) in [5.74, 6) is 0. The zero-order chi connectivity index (χ0) is 8.48. The molecule has 60 valence electrons. The first-order valence-electron chi connectivity index (χ1n) is 2.77. The minimum Gasteiger partial charge on any atom is -0.398 e. The monoisotopic (exact) mass is 174 g/mol. The maximum absolute atomic E-state index is 10.6. The standard InChI is InChI=1S/C5H7N2O3P/c6-4-1-2-7-3-5(4)11(8,9)10/h1-3H,(H2,6,7)(H2,8,9,10). The van der Waals surface area contributed by atoms with Crippen molar-refractivity contribution in [3.8, 4) is 0 Å². The van der Waals surface area contributed by atoms with E-state index < -0.39 is 7.60 Å². The van der Waals surface area contributed by atoms with Crippen molar-refractivity contribution < 1.29 is 14.4 Å². The molecule has 5 nitrogen and oxygen atoms in total. The Kier molecular flexibility index (Phi) is 1.95. The van der Waals surface area contributed by atoms with E-state index in [9.17, 15) is 4.57 Å². The summed E-state index contributed by atoms with van der Waals surface area (Å²) >= 11 is 0. The second-order valence-electron chi connectivity index (χ2n) is 1.98. The minimum absolute atomic E-state index is 0.0633. The van der Waals surface area contributed by atoms with Crippen LogP contribution in [0, 0.1) is 0 Å². The summed E-state index contributed by atoms with van der Waals surface area (Å²) in [6.45, 7) is 0. The van der Waals surface area contributed by atoms with E-state index in [0.29, 0.717) is 0 Å². The number of pyridine rings is 1. The second-order valence-corrected chi connectivity index (χ2v) is 3.55. The van der Waals surface area contributed by atoms with Crippen LogP contribution in [0.3, 0.4) is 0 Å². The molecule has 0 aliphatic heterocycles. The molecule has 0 aliphatic rings. The Labute approximate surface area is 63.0 Å². The Morgan fingerprint density at radius 3 is 2.55 bits per heavy atom. The molecule has 0 fully saturated rings.